The van der Waals surface area contributed by atoms with E-state index in [1.807, 2.05) is 56.3 Å². The van der Waals surface area contributed by atoms with Crippen LogP contribution in [0.1, 0.15) is 32.3 Å². The molecule has 0 radical (unpaired) electrons. The average molecular weight is 215 g/mol. The van der Waals surface area contributed by atoms with Crippen molar-refractivity contribution in [3.63, 3.8) is 0 Å². The van der Waals surface area contributed by atoms with Crippen LogP contribution in [0.25, 0.3) is 6.08 Å². The molecule has 1 aliphatic rings. The van der Waals surface area contributed by atoms with Crippen LogP contribution in [0.4, 0.5) is 0 Å². The molecule has 2 nitrogen and oxygen atoms in total. The maximum Gasteiger partial charge on any atom is 0.187 e. The minimum atomic E-state index is -0.240. The van der Waals surface area contributed by atoms with E-state index in [1.54, 1.807) is 0 Å². The summed E-state index contributed by atoms with van der Waals surface area (Å²) in [5.41, 5.74) is 1.78. The molecule has 0 amide bonds. The highest BCUT2D eigenvalue weighted by Crippen LogP contribution is 2.24. The summed E-state index contributed by atoms with van der Waals surface area (Å²) in [5, 5.41) is 11.9. The van der Waals surface area contributed by atoms with Gasteiger partial charge in [-0.3, -0.25) is 0 Å². The molecule has 0 saturated carbocycles. The van der Waals surface area contributed by atoms with Crippen molar-refractivity contribution in [1.29, 1.82) is 0 Å². The Hall–Kier alpha value is -1.57. The Morgan fingerprint density at radius 2 is 1.88 bits per heavy atom. The van der Waals surface area contributed by atoms with Crippen molar-refractivity contribution >= 4 is 11.8 Å². The lowest BCUT2D eigenvalue weighted by molar-refractivity contribution is -0.530. The largest absolute Gasteiger partial charge is 0.623 e. The third-order valence-corrected chi connectivity index (χ3v) is 3.07. The molecule has 1 aliphatic heterocycles. The molecule has 1 heterocycles. The second-order valence-corrected chi connectivity index (χ2v) is 4.84. The third kappa shape index (κ3) is 2.16. The van der Waals surface area contributed by atoms with Gasteiger partial charge in [0.15, 0.2) is 11.3 Å². The van der Waals surface area contributed by atoms with Gasteiger partial charge in [0, 0.05) is 32.8 Å². The molecule has 0 unspecified atom stereocenters. The first-order valence-electron chi connectivity index (χ1n) is 5.66. The summed E-state index contributed by atoms with van der Waals surface area (Å²) in [4.78, 5) is 0. The Morgan fingerprint density at radius 1 is 1.19 bits per heavy atom. The van der Waals surface area contributed by atoms with Gasteiger partial charge in [0.25, 0.3) is 0 Å². The Bertz CT molecular complexity index is 429. The number of hydrogen-bond donors (Lipinski definition) is 0. The van der Waals surface area contributed by atoms with Gasteiger partial charge in [-0.2, -0.15) is 0 Å². The van der Waals surface area contributed by atoms with Crippen molar-refractivity contribution in [2.75, 3.05) is 0 Å². The van der Waals surface area contributed by atoms with Crippen LogP contribution in [0, 0.1) is 5.21 Å². The zero-order valence-corrected chi connectivity index (χ0v) is 9.81. The van der Waals surface area contributed by atoms with Crippen LogP contribution in [-0.2, 0) is 0 Å². The molecule has 0 N–H and O–H groups in total. The summed E-state index contributed by atoms with van der Waals surface area (Å²) in [6, 6.07) is 10.1. The fraction of sp³-hybridized carbons (Fsp3) is 0.357. The van der Waals surface area contributed by atoms with Crippen LogP contribution in [-0.4, -0.2) is 16.0 Å². The van der Waals surface area contributed by atoms with E-state index in [0.717, 1.165) is 28.9 Å². The van der Waals surface area contributed by atoms with Crippen molar-refractivity contribution in [2.24, 2.45) is 0 Å². The van der Waals surface area contributed by atoms with E-state index in [-0.39, 0.29) is 5.54 Å². The van der Waals surface area contributed by atoms with Crippen LogP contribution >= 0.6 is 0 Å². The van der Waals surface area contributed by atoms with E-state index in [4.69, 9.17) is 0 Å². The predicted octanol–water partition coefficient (Wildman–Crippen LogP) is 3.22. The van der Waals surface area contributed by atoms with Crippen LogP contribution in [0.3, 0.4) is 0 Å². The lowest BCUT2D eigenvalue weighted by Crippen LogP contribution is -2.28. The van der Waals surface area contributed by atoms with Crippen LogP contribution < -0.4 is 0 Å². The summed E-state index contributed by atoms with van der Waals surface area (Å²) in [6.07, 6.45) is 5.75. The molecule has 1 aromatic rings. The Balaban J connectivity index is 2.18. The molecule has 0 atom stereocenters. The normalized spacial score (nSPS) is 19.6. The maximum absolute atomic E-state index is 11.9. The average Bonchev–Trinajstić information content (AvgIpc) is 2.54. The van der Waals surface area contributed by atoms with Crippen LogP contribution in [0.15, 0.2) is 36.4 Å². The first-order valence-corrected chi connectivity index (χ1v) is 5.66. The van der Waals surface area contributed by atoms with Crippen LogP contribution in [0.5, 0.6) is 0 Å². The number of allylic oxidation sites excluding steroid dienone is 1. The van der Waals surface area contributed by atoms with E-state index in [2.05, 4.69) is 0 Å². The summed E-state index contributed by atoms with van der Waals surface area (Å²) >= 11 is 0. The van der Waals surface area contributed by atoms with E-state index < -0.39 is 0 Å². The monoisotopic (exact) mass is 215 g/mol. The summed E-state index contributed by atoms with van der Waals surface area (Å²) in [5.74, 6) is 0. The Kier molecular flexibility index (Phi) is 2.82. The lowest BCUT2D eigenvalue weighted by Gasteiger charge is -2.17. The van der Waals surface area contributed by atoms with Gasteiger partial charge in [-0.1, -0.05) is 30.3 Å². The highest BCUT2D eigenvalue weighted by molar-refractivity contribution is 5.95. The fourth-order valence-corrected chi connectivity index (χ4v) is 1.93. The highest BCUT2D eigenvalue weighted by Gasteiger charge is 2.35. The molecule has 0 aliphatic carbocycles. The number of hydroxylamine groups is 1. The highest BCUT2D eigenvalue weighted by atomic mass is 16.5. The number of benzene rings is 1. The van der Waals surface area contributed by atoms with Gasteiger partial charge in [-0.05, 0) is 11.6 Å². The topological polar surface area (TPSA) is 26.1 Å². The smallest absolute Gasteiger partial charge is 0.187 e. The Morgan fingerprint density at radius 3 is 2.44 bits per heavy atom. The van der Waals surface area contributed by atoms with E-state index in [1.165, 1.54) is 0 Å². The standard InChI is InChI=1S/C14H17NO/c1-14(2)11-10-13(15(14)16)9-8-12-6-4-3-5-7-12/h3-9H,10-11H2,1-2H3/b9-8+. The van der Waals surface area contributed by atoms with Gasteiger partial charge in [-0.25, -0.2) is 4.74 Å². The Labute approximate surface area is 96.5 Å². The van der Waals surface area contributed by atoms with Crippen molar-refractivity contribution in [3.8, 4) is 0 Å². The fourth-order valence-electron chi connectivity index (χ4n) is 1.93. The number of hydrogen-bond acceptors (Lipinski definition) is 1. The predicted molar refractivity (Wildman–Crippen MR) is 67.4 cm³/mol. The molecule has 16 heavy (non-hydrogen) atoms. The second kappa shape index (κ2) is 4.12. The van der Waals surface area contributed by atoms with Gasteiger partial charge in [0.05, 0.1) is 0 Å². The van der Waals surface area contributed by atoms with Crippen molar-refractivity contribution in [3.05, 3.63) is 47.2 Å². The third-order valence-electron chi connectivity index (χ3n) is 3.07. The van der Waals surface area contributed by atoms with E-state index in [0.29, 0.717) is 0 Å². The van der Waals surface area contributed by atoms with E-state index in [9.17, 15) is 5.21 Å². The minimum absolute atomic E-state index is 0.240. The first kappa shape index (κ1) is 10.9. The molecule has 2 heteroatoms. The summed E-state index contributed by atoms with van der Waals surface area (Å²) in [7, 11) is 0. The quantitative estimate of drug-likeness (QED) is 0.549. The molecule has 2 rings (SSSR count). The molecule has 0 fully saturated rings. The first-order chi connectivity index (χ1) is 7.59. The molecular formula is C14H17NO. The maximum atomic E-state index is 11.9. The molecule has 84 valence electrons. The molecule has 0 saturated heterocycles. The SMILES string of the molecule is CC1(C)CCC(/C=C/c2ccccc2)=[N+]1[O-]. The molecule has 0 bridgehead atoms. The van der Waals surface area contributed by atoms with Crippen LogP contribution in [0.2, 0.25) is 0 Å². The molecule has 0 spiro atoms. The summed E-state index contributed by atoms with van der Waals surface area (Å²) in [6.45, 7) is 3.98. The van der Waals surface area contributed by atoms with Crippen molar-refractivity contribution in [1.82, 2.24) is 0 Å². The van der Waals surface area contributed by atoms with Gasteiger partial charge in [0.1, 0.15) is 0 Å². The molecule has 1 aromatic carbocycles. The second-order valence-electron chi connectivity index (χ2n) is 4.84. The van der Waals surface area contributed by atoms with Gasteiger partial charge in [0.2, 0.25) is 0 Å². The van der Waals surface area contributed by atoms with Gasteiger partial charge < -0.3 is 5.21 Å². The minimum Gasteiger partial charge on any atom is -0.623 e. The van der Waals surface area contributed by atoms with Crippen molar-refractivity contribution in [2.45, 2.75) is 32.2 Å². The van der Waals surface area contributed by atoms with Crippen molar-refractivity contribution < 1.29 is 4.74 Å². The number of nitrogens with zero attached hydrogens (tertiary/aromatic N) is 1. The lowest BCUT2D eigenvalue weighted by atomic mass is 10.0. The summed E-state index contributed by atoms with van der Waals surface area (Å²) < 4.78 is 1.15. The molecule has 0 aromatic heterocycles. The van der Waals surface area contributed by atoms with Gasteiger partial charge in [-0.15, -0.1) is 0 Å². The zero-order valence-electron chi connectivity index (χ0n) is 9.81. The zero-order chi connectivity index (χ0) is 11.6. The van der Waals surface area contributed by atoms with Gasteiger partial charge >= 0.3 is 0 Å². The number of rotatable bonds is 2. The van der Waals surface area contributed by atoms with E-state index >= 15 is 0 Å². The molecular weight excluding hydrogens is 198 g/mol.